The number of carbonyl (C=O) groups excluding carboxylic acids is 1. The van der Waals surface area contributed by atoms with Gasteiger partial charge in [-0.05, 0) is 18.2 Å². The summed E-state index contributed by atoms with van der Waals surface area (Å²) in [7, 11) is 3.66. The first-order valence-electron chi connectivity index (χ1n) is 5.61. The monoisotopic (exact) mass is 311 g/mol. The maximum atomic E-state index is 12.2. The molecule has 0 atom stereocenters. The Bertz CT molecular complexity index is 647. The van der Waals surface area contributed by atoms with Crippen LogP contribution in [0.1, 0.15) is 10.4 Å². The van der Waals surface area contributed by atoms with Gasteiger partial charge in [0, 0.05) is 20.3 Å². The molecule has 2 rings (SSSR count). The normalized spacial score (nSPS) is 10.2. The summed E-state index contributed by atoms with van der Waals surface area (Å²) in [5.74, 6) is 0.202. The molecule has 0 aromatic carbocycles. The van der Waals surface area contributed by atoms with Crippen LogP contribution in [0.2, 0.25) is 10.3 Å². The first-order chi connectivity index (χ1) is 9.49. The van der Waals surface area contributed by atoms with Gasteiger partial charge in [-0.3, -0.25) is 4.79 Å². The predicted octanol–water partition coefficient (Wildman–Crippen LogP) is 2.50. The third-order valence-corrected chi connectivity index (χ3v) is 2.89. The highest BCUT2D eigenvalue weighted by molar-refractivity contribution is 6.34. The molecule has 1 amide bonds. The summed E-state index contributed by atoms with van der Waals surface area (Å²) in [5, 5.41) is 9.96. The molecule has 6 nitrogen and oxygen atoms in total. The molecule has 0 aliphatic rings. The lowest BCUT2D eigenvalue weighted by Crippen LogP contribution is -2.18. The van der Waals surface area contributed by atoms with E-state index < -0.39 is 5.91 Å². The molecule has 20 heavy (non-hydrogen) atoms. The van der Waals surface area contributed by atoms with Crippen LogP contribution in [0.4, 0.5) is 11.5 Å². The van der Waals surface area contributed by atoms with E-state index in [4.69, 9.17) is 23.2 Å². The number of anilines is 2. The van der Waals surface area contributed by atoms with Crippen molar-refractivity contribution in [3.8, 4) is 0 Å². The lowest BCUT2D eigenvalue weighted by atomic mass is 10.2. The summed E-state index contributed by atoms with van der Waals surface area (Å²) in [6.45, 7) is 0. The van der Waals surface area contributed by atoms with Gasteiger partial charge < -0.3 is 10.2 Å². The second-order valence-corrected chi connectivity index (χ2v) is 4.84. The molecule has 8 heteroatoms. The summed E-state index contributed by atoms with van der Waals surface area (Å²) in [5.41, 5.74) is 0.715. The molecule has 0 aliphatic heterocycles. The molecule has 0 bridgehead atoms. The second kappa shape index (κ2) is 6.02. The third-order valence-electron chi connectivity index (χ3n) is 2.42. The van der Waals surface area contributed by atoms with Crippen molar-refractivity contribution < 1.29 is 4.79 Å². The smallest absolute Gasteiger partial charge is 0.259 e. The van der Waals surface area contributed by atoms with E-state index in [1.165, 1.54) is 6.07 Å². The van der Waals surface area contributed by atoms with Crippen molar-refractivity contribution in [1.82, 2.24) is 15.2 Å². The molecule has 2 aromatic rings. The average Bonchev–Trinajstić information content (AvgIpc) is 2.41. The van der Waals surface area contributed by atoms with Crippen molar-refractivity contribution in [2.75, 3.05) is 24.3 Å². The van der Waals surface area contributed by atoms with Gasteiger partial charge in [0.05, 0.1) is 11.3 Å². The van der Waals surface area contributed by atoms with Crippen LogP contribution >= 0.6 is 23.2 Å². The molecule has 0 saturated heterocycles. The Hall–Kier alpha value is -1.92. The SMILES string of the molecule is CN(C)c1ncccc1NC(=O)c1cc(Cl)nnc1Cl. The van der Waals surface area contributed by atoms with E-state index in [-0.39, 0.29) is 15.9 Å². The van der Waals surface area contributed by atoms with E-state index >= 15 is 0 Å². The van der Waals surface area contributed by atoms with E-state index in [2.05, 4.69) is 20.5 Å². The second-order valence-electron chi connectivity index (χ2n) is 4.09. The Labute approximate surface area is 125 Å². The van der Waals surface area contributed by atoms with Crippen molar-refractivity contribution in [2.45, 2.75) is 0 Å². The van der Waals surface area contributed by atoms with Gasteiger partial charge in [-0.2, -0.15) is 0 Å². The van der Waals surface area contributed by atoms with Gasteiger partial charge in [-0.15, -0.1) is 10.2 Å². The third kappa shape index (κ3) is 3.15. The minimum Gasteiger partial charge on any atom is -0.361 e. The summed E-state index contributed by atoms with van der Waals surface area (Å²) < 4.78 is 0. The molecule has 104 valence electrons. The van der Waals surface area contributed by atoms with E-state index in [0.717, 1.165) is 0 Å². The van der Waals surface area contributed by atoms with Crippen LogP contribution in [-0.4, -0.2) is 35.2 Å². The number of halogens is 2. The van der Waals surface area contributed by atoms with Crippen LogP contribution in [0.3, 0.4) is 0 Å². The van der Waals surface area contributed by atoms with Crippen molar-refractivity contribution in [1.29, 1.82) is 0 Å². The highest BCUT2D eigenvalue weighted by Crippen LogP contribution is 2.23. The Kier molecular flexibility index (Phi) is 4.36. The van der Waals surface area contributed by atoms with Gasteiger partial charge in [0.1, 0.15) is 0 Å². The maximum Gasteiger partial charge on any atom is 0.259 e. The molecule has 0 radical (unpaired) electrons. The maximum absolute atomic E-state index is 12.2. The highest BCUT2D eigenvalue weighted by Gasteiger charge is 2.15. The van der Waals surface area contributed by atoms with Crippen LogP contribution < -0.4 is 10.2 Å². The molecule has 2 heterocycles. The number of hydrogen-bond donors (Lipinski definition) is 1. The first kappa shape index (κ1) is 14.5. The lowest BCUT2D eigenvalue weighted by molar-refractivity contribution is 0.102. The summed E-state index contributed by atoms with van der Waals surface area (Å²) >= 11 is 11.6. The van der Waals surface area contributed by atoms with Crippen LogP contribution in [0.25, 0.3) is 0 Å². The fraction of sp³-hybridized carbons (Fsp3) is 0.167. The number of pyridine rings is 1. The number of nitrogens with one attached hydrogen (secondary N) is 1. The summed E-state index contributed by atoms with van der Waals surface area (Å²) in [6, 6.07) is 4.82. The fourth-order valence-corrected chi connectivity index (χ4v) is 1.88. The number of rotatable bonds is 3. The van der Waals surface area contributed by atoms with Crippen LogP contribution in [-0.2, 0) is 0 Å². The van der Waals surface area contributed by atoms with Gasteiger partial charge >= 0.3 is 0 Å². The summed E-state index contributed by atoms with van der Waals surface area (Å²) in [6.07, 6.45) is 1.64. The molecule has 0 aliphatic carbocycles. The number of amides is 1. The predicted molar refractivity (Wildman–Crippen MR) is 78.6 cm³/mol. The topological polar surface area (TPSA) is 71.0 Å². The van der Waals surface area contributed by atoms with Gasteiger partial charge in [0.25, 0.3) is 5.91 Å². The van der Waals surface area contributed by atoms with E-state index in [0.29, 0.717) is 11.5 Å². The van der Waals surface area contributed by atoms with Gasteiger partial charge in [0.2, 0.25) is 0 Å². The average molecular weight is 312 g/mol. The van der Waals surface area contributed by atoms with Crippen molar-refractivity contribution in [3.05, 3.63) is 40.3 Å². The van der Waals surface area contributed by atoms with Crippen LogP contribution in [0.5, 0.6) is 0 Å². The van der Waals surface area contributed by atoms with Gasteiger partial charge in [-0.1, -0.05) is 23.2 Å². The zero-order chi connectivity index (χ0) is 14.7. The largest absolute Gasteiger partial charge is 0.361 e. The Morgan fingerprint density at radius 2 is 2.05 bits per heavy atom. The standard InChI is InChI=1S/C12H11Cl2N5O/c1-19(2)11-8(4-3-5-15-11)16-12(20)7-6-9(13)17-18-10(7)14/h3-6H,1-2H3,(H,16,20). The zero-order valence-electron chi connectivity index (χ0n) is 10.8. The molecule has 0 fully saturated rings. The molecule has 1 N–H and O–H groups in total. The number of hydrogen-bond acceptors (Lipinski definition) is 5. The number of carbonyl (C=O) groups is 1. The minimum atomic E-state index is -0.428. The van der Waals surface area contributed by atoms with Crippen molar-refractivity contribution in [2.24, 2.45) is 0 Å². The van der Waals surface area contributed by atoms with Gasteiger partial charge in [0.15, 0.2) is 16.1 Å². The number of nitrogens with zero attached hydrogens (tertiary/aromatic N) is 4. The quantitative estimate of drug-likeness (QED) is 0.943. The molecule has 0 saturated carbocycles. The Morgan fingerprint density at radius 1 is 1.30 bits per heavy atom. The zero-order valence-corrected chi connectivity index (χ0v) is 12.3. The van der Waals surface area contributed by atoms with E-state index in [9.17, 15) is 4.79 Å². The van der Waals surface area contributed by atoms with Crippen molar-refractivity contribution >= 4 is 40.6 Å². The Balaban J connectivity index is 2.31. The van der Waals surface area contributed by atoms with Crippen LogP contribution in [0, 0.1) is 0 Å². The molecule has 0 spiro atoms. The van der Waals surface area contributed by atoms with Crippen LogP contribution in [0.15, 0.2) is 24.4 Å². The van der Waals surface area contributed by atoms with Crippen molar-refractivity contribution in [3.63, 3.8) is 0 Å². The first-order valence-corrected chi connectivity index (χ1v) is 6.37. The molecule has 0 unspecified atom stereocenters. The molecule has 2 aromatic heterocycles. The van der Waals surface area contributed by atoms with E-state index in [1.807, 2.05) is 14.1 Å². The molecular formula is C12H11Cl2N5O. The number of aromatic nitrogens is 3. The van der Waals surface area contributed by atoms with E-state index in [1.54, 1.807) is 23.2 Å². The minimum absolute atomic E-state index is 0.0119. The molecular weight excluding hydrogens is 301 g/mol. The highest BCUT2D eigenvalue weighted by atomic mass is 35.5. The fourth-order valence-electron chi connectivity index (χ4n) is 1.55. The van der Waals surface area contributed by atoms with Gasteiger partial charge in [-0.25, -0.2) is 4.98 Å². The summed E-state index contributed by atoms with van der Waals surface area (Å²) in [4.78, 5) is 18.2. The lowest BCUT2D eigenvalue weighted by Gasteiger charge is -2.16. The Morgan fingerprint density at radius 3 is 2.75 bits per heavy atom.